The Bertz CT molecular complexity index is 602. The molecule has 0 spiro atoms. The van der Waals surface area contributed by atoms with E-state index >= 15 is 0 Å². The zero-order valence-corrected chi connectivity index (χ0v) is 18.5. The number of halogens is 1. The van der Waals surface area contributed by atoms with Crippen LogP contribution in [0.2, 0.25) is 0 Å². The molecular weight excluding hydrogens is 443 g/mol. The van der Waals surface area contributed by atoms with Gasteiger partial charge in [-0.1, -0.05) is 12.1 Å². The molecule has 1 saturated heterocycles. The highest BCUT2D eigenvalue weighted by atomic mass is 127. The molecule has 1 aliphatic rings. The molecule has 1 aromatic carbocycles. The van der Waals surface area contributed by atoms with E-state index in [0.717, 1.165) is 36.6 Å². The van der Waals surface area contributed by atoms with Crippen molar-refractivity contribution in [2.75, 3.05) is 32.1 Å². The molecule has 0 atom stereocenters. The third-order valence-corrected chi connectivity index (χ3v) is 4.49. The van der Waals surface area contributed by atoms with Crippen LogP contribution in [0.25, 0.3) is 0 Å². The van der Waals surface area contributed by atoms with Crippen molar-refractivity contribution >= 4 is 41.5 Å². The largest absolute Gasteiger partial charge is 0.377 e. The van der Waals surface area contributed by atoms with Crippen LogP contribution in [0.5, 0.6) is 0 Å². The van der Waals surface area contributed by atoms with Crippen molar-refractivity contribution in [1.82, 2.24) is 10.6 Å². The highest BCUT2D eigenvalue weighted by Crippen LogP contribution is 2.21. The highest BCUT2D eigenvalue weighted by Gasteiger charge is 2.19. The first kappa shape index (κ1) is 22.7. The van der Waals surface area contributed by atoms with Crippen molar-refractivity contribution in [1.29, 1.82) is 0 Å². The minimum Gasteiger partial charge on any atom is -0.377 e. The number of benzene rings is 1. The quantitative estimate of drug-likeness (QED) is 0.378. The molecule has 1 heterocycles. The summed E-state index contributed by atoms with van der Waals surface area (Å²) in [7, 11) is 3.45. The molecule has 7 heteroatoms. The SMILES string of the molecule is CN=C(NCc1ccc(N2CCCCC2=O)cc1)NCC(C)(C)OC.I. The number of hydrogen-bond donors (Lipinski definition) is 2. The number of amides is 1. The summed E-state index contributed by atoms with van der Waals surface area (Å²) < 4.78 is 5.40. The van der Waals surface area contributed by atoms with Crippen LogP contribution in [-0.2, 0) is 16.1 Å². The molecule has 1 aromatic rings. The number of carbonyl (C=O) groups is 1. The smallest absolute Gasteiger partial charge is 0.226 e. The predicted octanol–water partition coefficient (Wildman–Crippen LogP) is 2.91. The van der Waals surface area contributed by atoms with E-state index in [1.54, 1.807) is 14.2 Å². The molecule has 0 radical (unpaired) electrons. The van der Waals surface area contributed by atoms with Gasteiger partial charge in [0, 0.05) is 45.9 Å². The maximum atomic E-state index is 12.0. The van der Waals surface area contributed by atoms with Gasteiger partial charge in [0.05, 0.1) is 5.60 Å². The van der Waals surface area contributed by atoms with Crippen molar-refractivity contribution in [3.05, 3.63) is 29.8 Å². The number of piperidine rings is 1. The summed E-state index contributed by atoms with van der Waals surface area (Å²) in [5, 5.41) is 6.55. The van der Waals surface area contributed by atoms with Crippen LogP contribution < -0.4 is 15.5 Å². The first-order chi connectivity index (χ1) is 11.9. The van der Waals surface area contributed by atoms with Gasteiger partial charge in [0.25, 0.3) is 0 Å². The van der Waals surface area contributed by atoms with E-state index in [-0.39, 0.29) is 35.5 Å². The molecule has 1 fully saturated rings. The lowest BCUT2D eigenvalue weighted by Gasteiger charge is -2.27. The second-order valence-corrected chi connectivity index (χ2v) is 6.91. The van der Waals surface area contributed by atoms with Gasteiger partial charge >= 0.3 is 0 Å². The first-order valence-electron chi connectivity index (χ1n) is 8.84. The molecule has 26 heavy (non-hydrogen) atoms. The van der Waals surface area contributed by atoms with E-state index in [2.05, 4.69) is 27.8 Å². The van der Waals surface area contributed by atoms with Gasteiger partial charge in [0.2, 0.25) is 5.91 Å². The number of nitrogens with one attached hydrogen (secondary N) is 2. The summed E-state index contributed by atoms with van der Waals surface area (Å²) in [5.41, 5.74) is 1.88. The molecular formula is C19H31IN4O2. The van der Waals surface area contributed by atoms with E-state index in [0.29, 0.717) is 19.5 Å². The summed E-state index contributed by atoms with van der Waals surface area (Å²) in [4.78, 5) is 18.1. The van der Waals surface area contributed by atoms with Crippen molar-refractivity contribution in [3.8, 4) is 0 Å². The average molecular weight is 474 g/mol. The van der Waals surface area contributed by atoms with Crippen LogP contribution in [0, 0.1) is 0 Å². The Kier molecular flexibility index (Phi) is 9.35. The predicted molar refractivity (Wildman–Crippen MR) is 117 cm³/mol. The van der Waals surface area contributed by atoms with Gasteiger partial charge in [-0.2, -0.15) is 0 Å². The Morgan fingerprint density at radius 2 is 1.92 bits per heavy atom. The number of aliphatic imine (C=N–C) groups is 1. The number of rotatable bonds is 6. The number of carbonyl (C=O) groups excluding carboxylic acids is 1. The summed E-state index contributed by atoms with van der Waals surface area (Å²) in [6.07, 6.45) is 2.74. The monoisotopic (exact) mass is 474 g/mol. The Hall–Kier alpha value is -1.35. The first-order valence-corrected chi connectivity index (χ1v) is 8.84. The number of anilines is 1. The molecule has 2 N–H and O–H groups in total. The summed E-state index contributed by atoms with van der Waals surface area (Å²) in [5.74, 6) is 0.961. The fraction of sp³-hybridized carbons (Fsp3) is 0.579. The Morgan fingerprint density at radius 3 is 2.50 bits per heavy atom. The van der Waals surface area contributed by atoms with Gasteiger partial charge in [-0.15, -0.1) is 24.0 Å². The number of ether oxygens (including phenoxy) is 1. The summed E-state index contributed by atoms with van der Waals surface area (Å²) >= 11 is 0. The maximum absolute atomic E-state index is 12.0. The van der Waals surface area contributed by atoms with Crippen LogP contribution in [0.1, 0.15) is 38.7 Å². The third kappa shape index (κ3) is 6.75. The van der Waals surface area contributed by atoms with E-state index in [1.165, 1.54) is 0 Å². The van der Waals surface area contributed by atoms with Crippen molar-refractivity contribution in [2.24, 2.45) is 4.99 Å². The summed E-state index contributed by atoms with van der Waals surface area (Å²) in [6, 6.07) is 8.14. The molecule has 0 bridgehead atoms. The standard InChI is InChI=1S/C19H30N4O2.HI/c1-19(2,25-4)14-22-18(20-3)21-13-15-8-10-16(11-9-15)23-12-6-5-7-17(23)24;/h8-11H,5-7,12-14H2,1-4H3,(H2,20,21,22);1H. The molecule has 6 nitrogen and oxygen atoms in total. The average Bonchev–Trinajstić information content (AvgIpc) is 2.63. The highest BCUT2D eigenvalue weighted by molar-refractivity contribution is 14.0. The second-order valence-electron chi connectivity index (χ2n) is 6.91. The van der Waals surface area contributed by atoms with Gasteiger partial charge < -0.3 is 20.3 Å². The van der Waals surface area contributed by atoms with Crippen molar-refractivity contribution in [3.63, 3.8) is 0 Å². The fourth-order valence-electron chi connectivity index (χ4n) is 2.65. The zero-order valence-electron chi connectivity index (χ0n) is 16.2. The van der Waals surface area contributed by atoms with Gasteiger partial charge in [0.1, 0.15) is 0 Å². The van der Waals surface area contributed by atoms with E-state index in [9.17, 15) is 4.79 Å². The molecule has 0 aromatic heterocycles. The Balaban J connectivity index is 0.00000338. The normalized spacial score (nSPS) is 15.5. The molecule has 0 saturated carbocycles. The lowest BCUT2D eigenvalue weighted by atomic mass is 10.1. The fourth-order valence-corrected chi connectivity index (χ4v) is 2.65. The maximum Gasteiger partial charge on any atom is 0.226 e. The summed E-state index contributed by atoms with van der Waals surface area (Å²) in [6.45, 7) is 6.20. The molecule has 2 rings (SSSR count). The van der Waals surface area contributed by atoms with Crippen molar-refractivity contribution < 1.29 is 9.53 Å². The number of guanidine groups is 1. The van der Waals surface area contributed by atoms with E-state index < -0.39 is 0 Å². The van der Waals surface area contributed by atoms with Crippen LogP contribution in [0.15, 0.2) is 29.3 Å². The van der Waals surface area contributed by atoms with Gasteiger partial charge in [-0.05, 0) is 44.4 Å². The topological polar surface area (TPSA) is 66.0 Å². The van der Waals surface area contributed by atoms with Gasteiger partial charge in [0.15, 0.2) is 5.96 Å². The number of methoxy groups -OCH3 is 1. The lowest BCUT2D eigenvalue weighted by Crippen LogP contribution is -2.45. The van der Waals surface area contributed by atoms with Crippen LogP contribution in [0.3, 0.4) is 0 Å². The molecule has 146 valence electrons. The lowest BCUT2D eigenvalue weighted by molar-refractivity contribution is -0.119. The Morgan fingerprint density at radius 1 is 1.23 bits per heavy atom. The molecule has 1 aliphatic heterocycles. The van der Waals surface area contributed by atoms with Crippen LogP contribution >= 0.6 is 24.0 Å². The van der Waals surface area contributed by atoms with E-state index in [4.69, 9.17) is 4.74 Å². The van der Waals surface area contributed by atoms with Crippen molar-refractivity contribution in [2.45, 2.75) is 45.3 Å². The molecule has 1 amide bonds. The molecule has 0 unspecified atom stereocenters. The number of nitrogens with zero attached hydrogens (tertiary/aromatic N) is 2. The van der Waals surface area contributed by atoms with Crippen LogP contribution in [0.4, 0.5) is 5.69 Å². The zero-order chi connectivity index (χ0) is 18.3. The minimum atomic E-state index is -0.250. The molecule has 0 aliphatic carbocycles. The van der Waals surface area contributed by atoms with Gasteiger partial charge in [-0.3, -0.25) is 9.79 Å². The van der Waals surface area contributed by atoms with Crippen LogP contribution in [-0.4, -0.2) is 44.7 Å². The second kappa shape index (κ2) is 10.7. The number of hydrogen-bond acceptors (Lipinski definition) is 3. The Labute approximate surface area is 173 Å². The minimum absolute atomic E-state index is 0. The van der Waals surface area contributed by atoms with E-state index in [1.807, 2.05) is 30.9 Å². The third-order valence-electron chi connectivity index (χ3n) is 4.49. The van der Waals surface area contributed by atoms with Gasteiger partial charge in [-0.25, -0.2) is 0 Å².